The molecule has 1 N–H and O–H groups in total. The topological polar surface area (TPSA) is 44.8 Å². The minimum atomic E-state index is -4.94. The van der Waals surface area contributed by atoms with Crippen molar-refractivity contribution in [2.24, 2.45) is 0 Å². The van der Waals surface area contributed by atoms with Gasteiger partial charge >= 0.3 is 18.4 Å². The van der Waals surface area contributed by atoms with Gasteiger partial charge in [-0.15, -0.1) is 0 Å². The molecule has 1 aliphatic rings. The highest BCUT2D eigenvalue weighted by atomic mass is 19.4. The summed E-state index contributed by atoms with van der Waals surface area (Å²) in [6.45, 7) is 0.660. The smallest absolute Gasteiger partial charge is 0.374 e. The lowest BCUT2D eigenvalue weighted by molar-refractivity contribution is -0.143. The molecule has 2 aromatic carbocycles. The molecule has 5 nitrogen and oxygen atoms in total. The lowest BCUT2D eigenvalue weighted by atomic mass is 9.91. The van der Waals surface area contributed by atoms with Crippen molar-refractivity contribution in [1.29, 1.82) is 0 Å². The van der Waals surface area contributed by atoms with Crippen LogP contribution in [0.4, 0.5) is 31.1 Å². The van der Waals surface area contributed by atoms with Gasteiger partial charge in [-0.25, -0.2) is 4.79 Å². The molecule has 1 atom stereocenters. The minimum absolute atomic E-state index is 0.0782. The van der Waals surface area contributed by atoms with E-state index in [0.29, 0.717) is 25.2 Å². The van der Waals surface area contributed by atoms with E-state index in [-0.39, 0.29) is 30.8 Å². The Morgan fingerprint density at radius 2 is 1.59 bits per heavy atom. The number of nitrogens with zero attached hydrogens (tertiary/aromatic N) is 2. The van der Waals surface area contributed by atoms with Crippen molar-refractivity contribution in [2.45, 2.75) is 24.5 Å². The maximum Gasteiger partial charge on any atom is 0.416 e. The number of alkyl halides is 6. The summed E-state index contributed by atoms with van der Waals surface area (Å²) in [5.74, 6) is 0. The summed E-state index contributed by atoms with van der Waals surface area (Å²) in [6.07, 6.45) is -9.87. The molecule has 186 valence electrons. The molecule has 1 unspecified atom stereocenters. The van der Waals surface area contributed by atoms with Crippen molar-refractivity contribution < 1.29 is 35.9 Å². The number of likely N-dealkylation sites (N-methyl/N-ethyl adjacent to an activating group) is 1. The molecule has 1 fully saturated rings. The average molecular weight is 489 g/mol. The molecule has 11 heteroatoms. The van der Waals surface area contributed by atoms with Crippen molar-refractivity contribution in [3.8, 4) is 0 Å². The third-order valence-electron chi connectivity index (χ3n) is 5.50. The first-order chi connectivity index (χ1) is 15.8. The van der Waals surface area contributed by atoms with Crippen molar-refractivity contribution in [2.75, 3.05) is 40.3 Å². The highest BCUT2D eigenvalue weighted by molar-refractivity contribution is 5.78. The number of halogens is 6. The molecule has 0 aromatic heterocycles. The lowest BCUT2D eigenvalue weighted by Crippen LogP contribution is -2.44. The number of benzene rings is 2. The average Bonchev–Trinajstić information content (AvgIpc) is 3.08. The molecule has 0 bridgehead atoms. The monoisotopic (exact) mass is 489 g/mol. The zero-order valence-corrected chi connectivity index (χ0v) is 18.6. The standard InChI is InChI=1S/C23H25F6N3O2/c1-31(2)8-9-32-14-21(30-20(32)33,17-6-4-3-5-7-17)15-34-13-16-10-18(22(24,25)26)12-19(11-16)23(27,28)29/h3-7,10-12H,8-9,13-15H2,1-2H3,(H,30,33). The highest BCUT2D eigenvalue weighted by Gasteiger charge is 2.44. The minimum Gasteiger partial charge on any atom is -0.374 e. The van der Waals surface area contributed by atoms with Gasteiger partial charge < -0.3 is 19.9 Å². The second kappa shape index (κ2) is 9.83. The maximum atomic E-state index is 13.1. The van der Waals surface area contributed by atoms with Gasteiger partial charge in [0.05, 0.1) is 30.9 Å². The van der Waals surface area contributed by atoms with Gasteiger partial charge in [-0.2, -0.15) is 26.3 Å². The Morgan fingerprint density at radius 1 is 1.00 bits per heavy atom. The molecule has 1 heterocycles. The van der Waals surface area contributed by atoms with Crippen molar-refractivity contribution >= 4 is 6.03 Å². The van der Waals surface area contributed by atoms with Crippen LogP contribution in [-0.2, 0) is 29.2 Å². The number of nitrogens with one attached hydrogen (secondary N) is 1. The van der Waals surface area contributed by atoms with E-state index in [1.54, 1.807) is 35.2 Å². The largest absolute Gasteiger partial charge is 0.416 e. The summed E-state index contributed by atoms with van der Waals surface area (Å²) in [4.78, 5) is 16.1. The van der Waals surface area contributed by atoms with Crippen LogP contribution >= 0.6 is 0 Å². The van der Waals surface area contributed by atoms with Gasteiger partial charge in [0.2, 0.25) is 0 Å². The van der Waals surface area contributed by atoms with E-state index in [2.05, 4.69) is 5.32 Å². The predicted molar refractivity (Wildman–Crippen MR) is 113 cm³/mol. The van der Waals surface area contributed by atoms with E-state index in [0.717, 1.165) is 5.56 Å². The Hall–Kier alpha value is -2.79. The van der Waals surface area contributed by atoms with Crippen LogP contribution in [0.3, 0.4) is 0 Å². The summed E-state index contributed by atoms with van der Waals surface area (Å²) in [6, 6.07) is 9.93. The van der Waals surface area contributed by atoms with Crippen LogP contribution in [0.15, 0.2) is 48.5 Å². The molecule has 2 aromatic rings. The van der Waals surface area contributed by atoms with E-state index in [1.165, 1.54) is 0 Å². The normalized spacial score (nSPS) is 19.1. The number of rotatable bonds is 8. The Labute approximate surface area is 193 Å². The van der Waals surface area contributed by atoms with Crippen molar-refractivity contribution in [3.05, 3.63) is 70.8 Å². The van der Waals surface area contributed by atoms with Crippen LogP contribution in [0.2, 0.25) is 0 Å². The third kappa shape index (κ3) is 6.20. The quantitative estimate of drug-likeness (QED) is 0.546. The predicted octanol–water partition coefficient (Wildman–Crippen LogP) is 4.72. The fourth-order valence-corrected chi connectivity index (χ4v) is 3.75. The Morgan fingerprint density at radius 3 is 2.12 bits per heavy atom. The number of carbonyl (C=O) groups excluding carboxylic acids is 1. The molecule has 0 radical (unpaired) electrons. The molecule has 34 heavy (non-hydrogen) atoms. The van der Waals surface area contributed by atoms with Crippen LogP contribution in [0.5, 0.6) is 0 Å². The van der Waals surface area contributed by atoms with Gasteiger partial charge in [-0.05, 0) is 43.4 Å². The van der Waals surface area contributed by atoms with Gasteiger partial charge in [0, 0.05) is 13.1 Å². The van der Waals surface area contributed by atoms with Crippen molar-refractivity contribution in [1.82, 2.24) is 15.1 Å². The summed E-state index contributed by atoms with van der Waals surface area (Å²) < 4.78 is 84.5. The summed E-state index contributed by atoms with van der Waals surface area (Å²) in [5.41, 5.74) is -3.35. The molecule has 1 aliphatic heterocycles. The van der Waals surface area contributed by atoms with Crippen molar-refractivity contribution in [3.63, 3.8) is 0 Å². The fourth-order valence-electron chi connectivity index (χ4n) is 3.75. The second-order valence-electron chi connectivity index (χ2n) is 8.51. The van der Waals surface area contributed by atoms with E-state index in [4.69, 9.17) is 4.74 Å². The molecule has 0 spiro atoms. The van der Waals surface area contributed by atoms with Crippen LogP contribution in [0.1, 0.15) is 22.3 Å². The zero-order chi connectivity index (χ0) is 25.1. The van der Waals surface area contributed by atoms with Crippen LogP contribution in [-0.4, -0.2) is 56.2 Å². The van der Waals surface area contributed by atoms with Crippen LogP contribution in [0.25, 0.3) is 0 Å². The number of amides is 2. The van der Waals surface area contributed by atoms with E-state index in [1.807, 2.05) is 19.0 Å². The summed E-state index contributed by atoms with van der Waals surface area (Å²) in [5, 5.41) is 2.90. The Balaban J connectivity index is 1.82. The van der Waals surface area contributed by atoms with Gasteiger partial charge in [0.15, 0.2) is 0 Å². The highest BCUT2D eigenvalue weighted by Crippen LogP contribution is 2.36. The van der Waals surface area contributed by atoms with E-state index in [9.17, 15) is 31.1 Å². The first-order valence-corrected chi connectivity index (χ1v) is 10.4. The number of hydrogen-bond donors (Lipinski definition) is 1. The second-order valence-corrected chi connectivity index (χ2v) is 8.51. The molecular formula is C23H25F6N3O2. The van der Waals surface area contributed by atoms with Gasteiger partial charge in [0.1, 0.15) is 5.54 Å². The summed E-state index contributed by atoms with van der Waals surface area (Å²) in [7, 11) is 3.73. The Bertz CT molecular complexity index is 962. The van der Waals surface area contributed by atoms with Gasteiger partial charge in [0.25, 0.3) is 0 Å². The van der Waals surface area contributed by atoms with Gasteiger partial charge in [-0.1, -0.05) is 30.3 Å². The van der Waals surface area contributed by atoms with Crippen LogP contribution < -0.4 is 5.32 Å². The molecule has 3 rings (SSSR count). The molecule has 2 amide bonds. The molecule has 0 saturated carbocycles. The number of carbonyl (C=O) groups is 1. The van der Waals surface area contributed by atoms with E-state index >= 15 is 0 Å². The summed E-state index contributed by atoms with van der Waals surface area (Å²) >= 11 is 0. The SMILES string of the molecule is CN(C)CCN1CC(COCc2cc(C(F)(F)F)cc(C(F)(F)F)c2)(c2ccccc2)NC1=O. The van der Waals surface area contributed by atoms with E-state index < -0.39 is 35.6 Å². The van der Waals surface area contributed by atoms with Crippen LogP contribution in [0, 0.1) is 0 Å². The zero-order valence-electron chi connectivity index (χ0n) is 18.6. The maximum absolute atomic E-state index is 13.1. The number of urea groups is 1. The first-order valence-electron chi connectivity index (χ1n) is 10.4. The molecular weight excluding hydrogens is 464 g/mol. The number of ether oxygens (including phenoxy) is 1. The lowest BCUT2D eigenvalue weighted by Gasteiger charge is -2.29. The molecule has 0 aliphatic carbocycles. The number of hydrogen-bond acceptors (Lipinski definition) is 3. The Kier molecular flexibility index (Phi) is 7.47. The van der Waals surface area contributed by atoms with Gasteiger partial charge in [-0.3, -0.25) is 0 Å². The first kappa shape index (κ1) is 25.8. The fraction of sp³-hybridized carbons (Fsp3) is 0.435. The molecule has 1 saturated heterocycles. The third-order valence-corrected chi connectivity index (χ3v) is 5.50.